The normalized spacial score (nSPS) is 28.8. The Morgan fingerprint density at radius 3 is 2.60 bits per heavy atom. The molecule has 25 heavy (non-hydrogen) atoms. The summed E-state index contributed by atoms with van der Waals surface area (Å²) in [6.07, 6.45) is 3.37. The molecule has 1 heterocycles. The van der Waals surface area contributed by atoms with E-state index in [0.717, 1.165) is 13.0 Å². The first-order valence-electron chi connectivity index (χ1n) is 8.89. The minimum Gasteiger partial charge on any atom is -0.396 e. The van der Waals surface area contributed by atoms with Gasteiger partial charge in [-0.15, -0.1) is 0 Å². The number of nitrogens with one attached hydrogen (secondary N) is 2. The zero-order valence-corrected chi connectivity index (χ0v) is 16.2. The molecule has 2 saturated carbocycles. The van der Waals surface area contributed by atoms with Crippen molar-refractivity contribution < 1.29 is 5.11 Å². The molecule has 138 valence electrons. The maximum atomic E-state index is 9.57. The topological polar surface area (TPSA) is 96.1 Å². The highest BCUT2D eigenvalue weighted by molar-refractivity contribution is 7.80. The highest BCUT2D eigenvalue weighted by atomic mass is 35.5. The Bertz CT molecular complexity index is 654. The summed E-state index contributed by atoms with van der Waals surface area (Å²) in [5.74, 6) is 2.89. The van der Waals surface area contributed by atoms with Gasteiger partial charge in [0.05, 0.1) is 5.56 Å². The lowest BCUT2D eigenvalue weighted by molar-refractivity contribution is 0.191. The van der Waals surface area contributed by atoms with Crippen LogP contribution in [0.15, 0.2) is 0 Å². The van der Waals surface area contributed by atoms with Crippen LogP contribution in [-0.2, 0) is 0 Å². The quantitative estimate of drug-likeness (QED) is 0.424. The van der Waals surface area contributed by atoms with E-state index in [0.29, 0.717) is 35.1 Å². The molecule has 0 saturated heterocycles. The summed E-state index contributed by atoms with van der Waals surface area (Å²) in [6.45, 7) is 5.42. The van der Waals surface area contributed by atoms with Crippen LogP contribution < -0.4 is 16.4 Å². The number of nitrogens with two attached hydrogens (primary N) is 1. The highest BCUT2D eigenvalue weighted by Gasteiger charge is 2.38. The summed E-state index contributed by atoms with van der Waals surface area (Å²) in [4.78, 5) is 9.05. The molecule has 5 N–H and O–H groups in total. The van der Waals surface area contributed by atoms with Crippen molar-refractivity contribution in [3.63, 3.8) is 0 Å². The van der Waals surface area contributed by atoms with E-state index in [2.05, 4.69) is 34.4 Å². The molecule has 8 heteroatoms. The molecule has 3 rings (SSSR count). The third-order valence-corrected chi connectivity index (χ3v) is 6.16. The first-order chi connectivity index (χ1) is 11.9. The van der Waals surface area contributed by atoms with Crippen LogP contribution in [0.4, 0.5) is 11.8 Å². The van der Waals surface area contributed by atoms with Crippen LogP contribution >= 0.6 is 23.8 Å². The van der Waals surface area contributed by atoms with Gasteiger partial charge in [0.2, 0.25) is 5.95 Å². The summed E-state index contributed by atoms with van der Waals surface area (Å²) in [6, 6.07) is 0.183. The number of aromatic nitrogens is 2. The number of thiocarbonyl (C=S) groups is 1. The van der Waals surface area contributed by atoms with Crippen molar-refractivity contribution in [3.8, 4) is 0 Å². The van der Waals surface area contributed by atoms with Gasteiger partial charge >= 0.3 is 0 Å². The summed E-state index contributed by atoms with van der Waals surface area (Å²) < 4.78 is 0. The minimum absolute atomic E-state index is 0.179. The van der Waals surface area contributed by atoms with E-state index < -0.39 is 0 Å². The van der Waals surface area contributed by atoms with Gasteiger partial charge in [-0.3, -0.25) is 0 Å². The number of nitrogens with zero attached hydrogens (tertiary/aromatic N) is 2. The van der Waals surface area contributed by atoms with Crippen molar-refractivity contribution in [2.24, 2.45) is 29.4 Å². The molecule has 1 aromatic heterocycles. The molecule has 0 aliphatic heterocycles. The molecule has 6 nitrogen and oxygen atoms in total. The van der Waals surface area contributed by atoms with Crippen LogP contribution in [0.2, 0.25) is 5.15 Å². The first-order valence-corrected chi connectivity index (χ1v) is 9.68. The molecule has 4 unspecified atom stereocenters. The number of rotatable bonds is 7. The zero-order valence-electron chi connectivity index (χ0n) is 14.6. The Morgan fingerprint density at radius 1 is 1.32 bits per heavy atom. The van der Waals surface area contributed by atoms with Crippen LogP contribution in [0.25, 0.3) is 0 Å². The molecule has 2 aliphatic rings. The van der Waals surface area contributed by atoms with Gasteiger partial charge in [-0.2, -0.15) is 4.98 Å². The van der Waals surface area contributed by atoms with Gasteiger partial charge in [-0.25, -0.2) is 4.98 Å². The number of anilines is 2. The minimum atomic E-state index is 0.179. The second-order valence-electron chi connectivity index (χ2n) is 7.40. The van der Waals surface area contributed by atoms with Crippen LogP contribution in [0.1, 0.15) is 38.7 Å². The van der Waals surface area contributed by atoms with Gasteiger partial charge in [0.25, 0.3) is 0 Å². The summed E-state index contributed by atoms with van der Waals surface area (Å²) >= 11 is 11.5. The molecule has 2 aliphatic carbocycles. The summed E-state index contributed by atoms with van der Waals surface area (Å²) in [5, 5.41) is 16.5. The predicted molar refractivity (Wildman–Crippen MR) is 105 cm³/mol. The van der Waals surface area contributed by atoms with Gasteiger partial charge in [0.1, 0.15) is 16.0 Å². The Labute approximate surface area is 158 Å². The molecular formula is C17H26ClN5OS. The lowest BCUT2D eigenvalue weighted by Crippen LogP contribution is -2.27. The summed E-state index contributed by atoms with van der Waals surface area (Å²) in [7, 11) is 0. The van der Waals surface area contributed by atoms with E-state index in [1.54, 1.807) is 0 Å². The smallest absolute Gasteiger partial charge is 0.226 e. The monoisotopic (exact) mass is 383 g/mol. The van der Waals surface area contributed by atoms with Crippen LogP contribution in [0.5, 0.6) is 0 Å². The van der Waals surface area contributed by atoms with E-state index in [1.165, 1.54) is 12.8 Å². The Morgan fingerprint density at radius 2 is 2.04 bits per heavy atom. The number of hydrogen-bond donors (Lipinski definition) is 4. The largest absolute Gasteiger partial charge is 0.396 e. The molecule has 0 spiro atoms. The molecular weight excluding hydrogens is 358 g/mol. The maximum absolute atomic E-state index is 9.57. The SMILES string of the molecule is CC1C(CO)CC(Nc2nc(NCC3CC3)nc(Cl)c2C(N)=S)C1C. The Balaban J connectivity index is 1.83. The van der Waals surface area contributed by atoms with Gasteiger partial charge in [-0.05, 0) is 42.9 Å². The van der Waals surface area contributed by atoms with E-state index in [1.807, 2.05) is 0 Å². The third-order valence-electron chi connectivity index (χ3n) is 5.68. The fourth-order valence-electron chi connectivity index (χ4n) is 3.55. The van der Waals surface area contributed by atoms with E-state index in [4.69, 9.17) is 29.6 Å². The van der Waals surface area contributed by atoms with Crippen molar-refractivity contribution >= 4 is 40.6 Å². The van der Waals surface area contributed by atoms with Crippen LogP contribution in [-0.4, -0.2) is 39.3 Å². The number of aliphatic hydroxyl groups excluding tert-OH is 1. The highest BCUT2D eigenvalue weighted by Crippen LogP contribution is 2.38. The van der Waals surface area contributed by atoms with Gasteiger partial charge in [-0.1, -0.05) is 37.7 Å². The average molecular weight is 384 g/mol. The number of aliphatic hydroxyl groups is 1. The van der Waals surface area contributed by atoms with Gasteiger partial charge in [0.15, 0.2) is 0 Å². The number of halogens is 1. The molecule has 1 aromatic rings. The van der Waals surface area contributed by atoms with Crippen LogP contribution in [0.3, 0.4) is 0 Å². The zero-order chi connectivity index (χ0) is 18.1. The summed E-state index contributed by atoms with van der Waals surface area (Å²) in [5.41, 5.74) is 6.34. The Hall–Kier alpha value is -1.18. The molecule has 4 atom stereocenters. The second kappa shape index (κ2) is 7.60. The Kier molecular flexibility index (Phi) is 5.65. The molecule has 0 radical (unpaired) electrons. The fraction of sp³-hybridized carbons (Fsp3) is 0.706. The van der Waals surface area contributed by atoms with Crippen molar-refractivity contribution in [1.29, 1.82) is 0 Å². The van der Waals surface area contributed by atoms with E-state index in [9.17, 15) is 5.11 Å². The fourth-order valence-corrected chi connectivity index (χ4v) is 4.07. The van der Waals surface area contributed by atoms with Crippen molar-refractivity contribution in [3.05, 3.63) is 10.7 Å². The van der Waals surface area contributed by atoms with Crippen molar-refractivity contribution in [2.75, 3.05) is 23.8 Å². The molecule has 2 fully saturated rings. The van der Waals surface area contributed by atoms with Crippen molar-refractivity contribution in [1.82, 2.24) is 9.97 Å². The molecule has 0 aromatic carbocycles. The molecule has 0 bridgehead atoms. The predicted octanol–water partition coefficient (Wildman–Crippen LogP) is 2.65. The number of hydrogen-bond acceptors (Lipinski definition) is 6. The van der Waals surface area contributed by atoms with Crippen molar-refractivity contribution in [2.45, 2.75) is 39.2 Å². The maximum Gasteiger partial charge on any atom is 0.226 e. The van der Waals surface area contributed by atoms with E-state index in [-0.39, 0.29) is 28.7 Å². The third kappa shape index (κ3) is 4.15. The second-order valence-corrected chi connectivity index (χ2v) is 8.20. The van der Waals surface area contributed by atoms with Gasteiger partial charge in [0, 0.05) is 19.2 Å². The lowest BCUT2D eigenvalue weighted by atomic mass is 9.92. The van der Waals surface area contributed by atoms with Gasteiger partial charge < -0.3 is 21.5 Å². The standard InChI is InChI=1S/C17H26ClN5OS/c1-8-9(2)12(5-11(8)7-24)21-16-13(15(19)25)14(18)22-17(23-16)20-6-10-3-4-10/h8-12,24H,3-7H2,1-2H3,(H2,19,25)(H2,20,21,22,23). The molecule has 0 amide bonds. The van der Waals surface area contributed by atoms with Crippen LogP contribution in [0, 0.1) is 23.7 Å². The van der Waals surface area contributed by atoms with E-state index >= 15 is 0 Å². The average Bonchev–Trinajstić information content (AvgIpc) is 3.34. The first kappa shape index (κ1) is 18.6. The lowest BCUT2D eigenvalue weighted by Gasteiger charge is -2.22.